The highest BCUT2D eigenvalue weighted by Gasteiger charge is 2.15. The molecule has 1 aromatic carbocycles. The Morgan fingerprint density at radius 2 is 2.04 bits per heavy atom. The molecule has 0 unspecified atom stereocenters. The van der Waals surface area contributed by atoms with E-state index < -0.39 is 0 Å². The van der Waals surface area contributed by atoms with Gasteiger partial charge in [-0.05, 0) is 24.1 Å². The summed E-state index contributed by atoms with van der Waals surface area (Å²) in [7, 11) is 0. The molecule has 0 spiro atoms. The summed E-state index contributed by atoms with van der Waals surface area (Å²) in [6.07, 6.45) is 2.33. The van der Waals surface area contributed by atoms with Gasteiger partial charge in [0.2, 0.25) is 11.0 Å². The van der Waals surface area contributed by atoms with Crippen LogP contribution in [-0.4, -0.2) is 31.8 Å². The van der Waals surface area contributed by atoms with Crippen LogP contribution < -0.4 is 5.32 Å². The van der Waals surface area contributed by atoms with E-state index in [4.69, 9.17) is 11.6 Å². The molecular formula is C18H14ClN5OS3. The molecular weight excluding hydrogens is 434 g/mol. The topological polar surface area (TPSA) is 80.7 Å². The smallest absolute Gasteiger partial charge is 0.236 e. The van der Waals surface area contributed by atoms with Crippen LogP contribution in [0.4, 0.5) is 5.13 Å². The summed E-state index contributed by atoms with van der Waals surface area (Å²) in [4.78, 5) is 22.0. The predicted octanol–water partition coefficient (Wildman–Crippen LogP) is 5.16. The van der Waals surface area contributed by atoms with Gasteiger partial charge in [0, 0.05) is 16.0 Å². The molecule has 0 saturated heterocycles. The van der Waals surface area contributed by atoms with Gasteiger partial charge in [-0.3, -0.25) is 10.1 Å². The number of carbonyl (C=O) groups is 1. The van der Waals surface area contributed by atoms with E-state index in [2.05, 4.69) is 30.9 Å². The third kappa shape index (κ3) is 4.17. The van der Waals surface area contributed by atoms with Gasteiger partial charge >= 0.3 is 0 Å². The fourth-order valence-corrected chi connectivity index (χ4v) is 5.15. The summed E-state index contributed by atoms with van der Waals surface area (Å²) < 4.78 is 0. The Morgan fingerprint density at radius 1 is 1.21 bits per heavy atom. The van der Waals surface area contributed by atoms with E-state index >= 15 is 0 Å². The zero-order valence-corrected chi connectivity index (χ0v) is 17.9. The molecule has 4 rings (SSSR count). The Kier molecular flexibility index (Phi) is 5.86. The van der Waals surface area contributed by atoms with Crippen molar-refractivity contribution in [3.8, 4) is 11.1 Å². The fraction of sp³-hybridized carbons (Fsp3) is 0.167. The zero-order valence-electron chi connectivity index (χ0n) is 14.7. The Morgan fingerprint density at radius 3 is 2.79 bits per heavy atom. The zero-order chi connectivity index (χ0) is 19.5. The average Bonchev–Trinajstić information content (AvgIpc) is 3.34. The molecule has 0 atom stereocenters. The maximum Gasteiger partial charge on any atom is 0.236 e. The summed E-state index contributed by atoms with van der Waals surface area (Å²) in [5.41, 5.74) is 2.08. The largest absolute Gasteiger partial charge is 0.300 e. The van der Waals surface area contributed by atoms with E-state index in [0.717, 1.165) is 37.8 Å². The first-order valence-corrected chi connectivity index (χ1v) is 11.4. The molecule has 4 aromatic rings. The summed E-state index contributed by atoms with van der Waals surface area (Å²) >= 11 is 10.3. The van der Waals surface area contributed by atoms with Gasteiger partial charge in [0.25, 0.3) is 0 Å². The highest BCUT2D eigenvalue weighted by Crippen LogP contribution is 2.38. The van der Waals surface area contributed by atoms with E-state index in [9.17, 15) is 4.79 Å². The summed E-state index contributed by atoms with van der Waals surface area (Å²) in [6.45, 7) is 2.00. The number of nitrogens with zero attached hydrogens (tertiary/aromatic N) is 4. The lowest BCUT2D eigenvalue weighted by Gasteiger charge is -2.05. The molecule has 10 heteroatoms. The average molecular weight is 448 g/mol. The number of halogens is 1. The Hall–Kier alpha value is -2.07. The van der Waals surface area contributed by atoms with Crippen molar-refractivity contribution in [2.75, 3.05) is 11.1 Å². The first kappa shape index (κ1) is 19.3. The molecule has 6 nitrogen and oxygen atoms in total. The molecule has 0 fully saturated rings. The van der Waals surface area contributed by atoms with Gasteiger partial charge in [0.1, 0.15) is 21.2 Å². The number of aromatic nitrogens is 4. The molecule has 1 N–H and O–H groups in total. The van der Waals surface area contributed by atoms with Crippen LogP contribution in [0.3, 0.4) is 0 Å². The van der Waals surface area contributed by atoms with Gasteiger partial charge in [0.15, 0.2) is 0 Å². The highest BCUT2D eigenvalue weighted by atomic mass is 35.5. The van der Waals surface area contributed by atoms with Crippen LogP contribution in [0.1, 0.15) is 11.9 Å². The monoisotopic (exact) mass is 447 g/mol. The number of nitrogens with one attached hydrogen (secondary N) is 1. The van der Waals surface area contributed by atoms with Gasteiger partial charge in [0.05, 0.1) is 11.1 Å². The van der Waals surface area contributed by atoms with Crippen molar-refractivity contribution in [1.29, 1.82) is 0 Å². The lowest BCUT2D eigenvalue weighted by atomic mass is 10.1. The lowest BCUT2D eigenvalue weighted by molar-refractivity contribution is -0.113. The van der Waals surface area contributed by atoms with Crippen LogP contribution in [0.15, 0.2) is 41.0 Å². The van der Waals surface area contributed by atoms with Gasteiger partial charge in [-0.15, -0.1) is 21.5 Å². The molecule has 0 radical (unpaired) electrons. The Labute approximate surface area is 178 Å². The van der Waals surface area contributed by atoms with Gasteiger partial charge < -0.3 is 0 Å². The molecule has 1 amide bonds. The Bertz CT molecular complexity index is 1130. The van der Waals surface area contributed by atoms with Crippen molar-refractivity contribution in [1.82, 2.24) is 20.2 Å². The summed E-state index contributed by atoms with van der Waals surface area (Å²) in [6, 6.07) is 7.66. The Balaban J connectivity index is 1.54. The van der Waals surface area contributed by atoms with Crippen LogP contribution in [-0.2, 0) is 11.2 Å². The van der Waals surface area contributed by atoms with Crippen LogP contribution >= 0.6 is 46.0 Å². The van der Waals surface area contributed by atoms with Crippen molar-refractivity contribution in [3.63, 3.8) is 0 Å². The minimum Gasteiger partial charge on any atom is -0.300 e. The number of benzene rings is 1. The number of thioether (sulfide) groups is 1. The van der Waals surface area contributed by atoms with Crippen LogP contribution in [0.2, 0.25) is 5.02 Å². The molecule has 0 aliphatic carbocycles. The van der Waals surface area contributed by atoms with Crippen LogP contribution in [0.25, 0.3) is 21.3 Å². The van der Waals surface area contributed by atoms with Gasteiger partial charge in [-0.1, -0.05) is 53.8 Å². The SMILES string of the molecule is CCc1nnc(NC(=O)CSc2ncnc3scc(-c4ccc(Cl)cc4)c23)s1. The second kappa shape index (κ2) is 8.52. The van der Waals surface area contributed by atoms with E-state index in [-0.39, 0.29) is 11.7 Å². The molecule has 0 aliphatic heterocycles. The molecule has 142 valence electrons. The molecule has 0 saturated carbocycles. The molecule has 28 heavy (non-hydrogen) atoms. The number of hydrogen-bond donors (Lipinski definition) is 1. The fourth-order valence-electron chi connectivity index (χ4n) is 2.54. The van der Waals surface area contributed by atoms with Crippen molar-refractivity contribution in [2.45, 2.75) is 18.4 Å². The summed E-state index contributed by atoms with van der Waals surface area (Å²) in [5, 5.41) is 16.7. The van der Waals surface area contributed by atoms with Crippen molar-refractivity contribution in [3.05, 3.63) is 46.0 Å². The number of hydrogen-bond acceptors (Lipinski definition) is 8. The number of anilines is 1. The first-order valence-electron chi connectivity index (χ1n) is 8.37. The first-order chi connectivity index (χ1) is 13.6. The van der Waals surface area contributed by atoms with Crippen molar-refractivity contribution in [2.24, 2.45) is 0 Å². The second-order valence-electron chi connectivity index (χ2n) is 5.71. The normalized spacial score (nSPS) is 11.1. The number of amides is 1. The molecule has 3 heterocycles. The minimum atomic E-state index is -0.140. The number of aryl methyl sites for hydroxylation is 1. The number of thiophene rings is 1. The quantitative estimate of drug-likeness (QED) is 0.325. The number of rotatable bonds is 6. The number of fused-ring (bicyclic) bond motifs is 1. The van der Waals surface area contributed by atoms with Gasteiger partial charge in [-0.2, -0.15) is 0 Å². The summed E-state index contributed by atoms with van der Waals surface area (Å²) in [5.74, 6) is 0.0853. The van der Waals surface area contributed by atoms with Crippen LogP contribution in [0.5, 0.6) is 0 Å². The van der Waals surface area contributed by atoms with Crippen molar-refractivity contribution < 1.29 is 4.79 Å². The third-order valence-electron chi connectivity index (χ3n) is 3.85. The van der Waals surface area contributed by atoms with Crippen molar-refractivity contribution >= 4 is 67.3 Å². The van der Waals surface area contributed by atoms with E-state index in [1.807, 2.05) is 31.2 Å². The van der Waals surface area contributed by atoms with E-state index in [1.54, 1.807) is 11.3 Å². The molecule has 3 aromatic heterocycles. The maximum absolute atomic E-state index is 12.3. The molecule has 0 bridgehead atoms. The highest BCUT2D eigenvalue weighted by molar-refractivity contribution is 8.00. The van der Waals surface area contributed by atoms with E-state index in [1.165, 1.54) is 29.4 Å². The molecule has 0 aliphatic rings. The third-order valence-corrected chi connectivity index (χ3v) is 6.96. The second-order valence-corrected chi connectivity index (χ2v) is 9.03. The maximum atomic E-state index is 12.3. The number of carbonyl (C=O) groups excluding carboxylic acids is 1. The van der Waals surface area contributed by atoms with E-state index in [0.29, 0.717) is 10.2 Å². The van der Waals surface area contributed by atoms with Crippen LogP contribution in [0, 0.1) is 0 Å². The predicted molar refractivity (Wildman–Crippen MR) is 117 cm³/mol. The van der Waals surface area contributed by atoms with Gasteiger partial charge in [-0.25, -0.2) is 9.97 Å². The lowest BCUT2D eigenvalue weighted by Crippen LogP contribution is -2.14. The minimum absolute atomic E-state index is 0.140. The standard InChI is InChI=1S/C18H14ClN5OS3/c1-2-14-23-24-18(28-14)22-13(25)8-27-17-15-12(7-26-16(15)20-9-21-17)10-3-5-11(19)6-4-10/h3-7,9H,2,8H2,1H3,(H,22,24,25).